The predicted octanol–water partition coefficient (Wildman–Crippen LogP) is 2.05. The molecule has 0 radical (unpaired) electrons. The van der Waals surface area contributed by atoms with Crippen LogP contribution in [-0.4, -0.2) is 20.6 Å². The number of hydrogen-bond acceptors (Lipinski definition) is 3. The average Bonchev–Trinajstić information content (AvgIpc) is 2.39. The molecular formula is C15H16N2O3. The molecule has 20 heavy (non-hydrogen) atoms. The standard InChI is InChI=1S/C15H16N2O3/c1-10-6-8-17(14(18)13(10)15(19)20)11(2)9-12-5-3-4-7-16-12/h3-8,11H,9H2,1-2H3,(H,19,20). The largest absolute Gasteiger partial charge is 0.477 e. The number of aromatic nitrogens is 2. The fourth-order valence-corrected chi connectivity index (χ4v) is 2.17. The summed E-state index contributed by atoms with van der Waals surface area (Å²) in [5.74, 6) is -1.19. The van der Waals surface area contributed by atoms with E-state index >= 15 is 0 Å². The van der Waals surface area contributed by atoms with Crippen LogP contribution in [0, 0.1) is 6.92 Å². The van der Waals surface area contributed by atoms with Crippen molar-refractivity contribution in [2.24, 2.45) is 0 Å². The molecule has 1 atom stereocenters. The molecule has 0 aromatic carbocycles. The van der Waals surface area contributed by atoms with Crippen molar-refractivity contribution in [1.82, 2.24) is 9.55 Å². The Morgan fingerprint density at radius 1 is 1.40 bits per heavy atom. The van der Waals surface area contributed by atoms with Gasteiger partial charge in [-0.15, -0.1) is 0 Å². The molecule has 0 bridgehead atoms. The third-order valence-electron chi connectivity index (χ3n) is 3.25. The van der Waals surface area contributed by atoms with Crippen LogP contribution in [0.1, 0.15) is 34.6 Å². The minimum absolute atomic E-state index is 0.156. The van der Waals surface area contributed by atoms with Crippen molar-refractivity contribution in [3.63, 3.8) is 0 Å². The van der Waals surface area contributed by atoms with E-state index in [-0.39, 0.29) is 11.6 Å². The third-order valence-corrected chi connectivity index (χ3v) is 3.25. The summed E-state index contributed by atoms with van der Waals surface area (Å²) in [6.45, 7) is 3.50. The van der Waals surface area contributed by atoms with E-state index in [0.29, 0.717) is 12.0 Å². The topological polar surface area (TPSA) is 72.2 Å². The normalized spacial score (nSPS) is 12.1. The molecule has 0 saturated carbocycles. The lowest BCUT2D eigenvalue weighted by Crippen LogP contribution is -2.30. The van der Waals surface area contributed by atoms with Gasteiger partial charge in [0.15, 0.2) is 0 Å². The highest BCUT2D eigenvalue weighted by Crippen LogP contribution is 2.12. The Morgan fingerprint density at radius 3 is 2.75 bits per heavy atom. The lowest BCUT2D eigenvalue weighted by molar-refractivity contribution is 0.0693. The van der Waals surface area contributed by atoms with Crippen molar-refractivity contribution in [1.29, 1.82) is 0 Å². The SMILES string of the molecule is Cc1ccn(C(C)Cc2ccccn2)c(=O)c1C(=O)O. The Labute approximate surface area is 116 Å². The van der Waals surface area contributed by atoms with Crippen molar-refractivity contribution in [2.75, 3.05) is 0 Å². The molecule has 0 aliphatic carbocycles. The van der Waals surface area contributed by atoms with Gasteiger partial charge in [-0.1, -0.05) is 6.07 Å². The summed E-state index contributed by atoms with van der Waals surface area (Å²) in [5.41, 5.74) is 0.703. The molecule has 1 unspecified atom stereocenters. The molecular weight excluding hydrogens is 256 g/mol. The van der Waals surface area contributed by atoms with Crippen LogP contribution in [0.4, 0.5) is 0 Å². The number of hydrogen-bond donors (Lipinski definition) is 1. The van der Waals surface area contributed by atoms with Crippen molar-refractivity contribution in [3.8, 4) is 0 Å². The molecule has 2 heterocycles. The highest BCUT2D eigenvalue weighted by molar-refractivity contribution is 5.88. The predicted molar refractivity (Wildman–Crippen MR) is 75.1 cm³/mol. The van der Waals surface area contributed by atoms with Gasteiger partial charge in [0.2, 0.25) is 0 Å². The van der Waals surface area contributed by atoms with Crippen molar-refractivity contribution >= 4 is 5.97 Å². The quantitative estimate of drug-likeness (QED) is 0.924. The molecule has 0 amide bonds. The Balaban J connectivity index is 2.36. The minimum atomic E-state index is -1.19. The summed E-state index contributed by atoms with van der Waals surface area (Å²) >= 11 is 0. The number of rotatable bonds is 4. The van der Waals surface area contributed by atoms with Crippen LogP contribution in [0.15, 0.2) is 41.5 Å². The first-order chi connectivity index (χ1) is 9.50. The number of pyridine rings is 2. The van der Waals surface area contributed by atoms with Gasteiger partial charge < -0.3 is 9.67 Å². The van der Waals surface area contributed by atoms with Crippen molar-refractivity contribution in [3.05, 3.63) is 63.8 Å². The van der Waals surface area contributed by atoms with Crippen LogP contribution in [0.3, 0.4) is 0 Å². The second kappa shape index (κ2) is 5.69. The maximum Gasteiger partial charge on any atom is 0.341 e. The first-order valence-corrected chi connectivity index (χ1v) is 6.35. The molecule has 0 aliphatic rings. The van der Waals surface area contributed by atoms with E-state index in [1.54, 1.807) is 25.4 Å². The number of carboxylic acid groups (broad SMARTS) is 1. The van der Waals surface area contributed by atoms with E-state index in [1.807, 2.05) is 25.1 Å². The molecule has 0 fully saturated rings. The summed E-state index contributed by atoms with van der Waals surface area (Å²) in [6.07, 6.45) is 3.91. The molecule has 0 spiro atoms. The van der Waals surface area contributed by atoms with Gasteiger partial charge in [0, 0.05) is 30.6 Å². The number of aromatic carboxylic acids is 1. The van der Waals surface area contributed by atoms with Crippen LogP contribution in [0.5, 0.6) is 0 Å². The molecule has 0 aliphatic heterocycles. The van der Waals surface area contributed by atoms with Crippen LogP contribution < -0.4 is 5.56 Å². The molecule has 0 saturated heterocycles. The maximum absolute atomic E-state index is 12.2. The van der Waals surface area contributed by atoms with Crippen LogP contribution in [0.2, 0.25) is 0 Å². The fraction of sp³-hybridized carbons (Fsp3) is 0.267. The zero-order valence-corrected chi connectivity index (χ0v) is 11.4. The Morgan fingerprint density at radius 2 is 2.15 bits per heavy atom. The number of nitrogens with zero attached hydrogens (tertiary/aromatic N) is 2. The molecule has 5 nitrogen and oxygen atoms in total. The third kappa shape index (κ3) is 2.77. The van der Waals surface area contributed by atoms with Crippen LogP contribution >= 0.6 is 0 Å². The van der Waals surface area contributed by atoms with E-state index in [9.17, 15) is 9.59 Å². The monoisotopic (exact) mass is 272 g/mol. The van der Waals surface area contributed by atoms with Crippen LogP contribution in [0.25, 0.3) is 0 Å². The zero-order valence-electron chi connectivity index (χ0n) is 11.4. The fourth-order valence-electron chi connectivity index (χ4n) is 2.17. The molecule has 2 aromatic rings. The summed E-state index contributed by atoms with van der Waals surface area (Å²) in [6, 6.07) is 7.09. The summed E-state index contributed by atoms with van der Waals surface area (Å²) in [5, 5.41) is 9.12. The Kier molecular flexibility index (Phi) is 3.98. The molecule has 104 valence electrons. The second-order valence-corrected chi connectivity index (χ2v) is 4.77. The lowest BCUT2D eigenvalue weighted by Gasteiger charge is -2.16. The smallest absolute Gasteiger partial charge is 0.341 e. The Hall–Kier alpha value is -2.43. The summed E-state index contributed by atoms with van der Waals surface area (Å²) in [4.78, 5) is 27.6. The number of carboxylic acids is 1. The van der Waals surface area contributed by atoms with Gasteiger partial charge in [-0.25, -0.2) is 4.79 Å². The van der Waals surface area contributed by atoms with Crippen molar-refractivity contribution in [2.45, 2.75) is 26.3 Å². The summed E-state index contributed by atoms with van der Waals surface area (Å²) in [7, 11) is 0. The zero-order chi connectivity index (χ0) is 14.7. The first-order valence-electron chi connectivity index (χ1n) is 6.35. The lowest BCUT2D eigenvalue weighted by atomic mass is 10.1. The Bertz CT molecular complexity index is 677. The van der Waals surface area contributed by atoms with Gasteiger partial charge in [-0.05, 0) is 37.6 Å². The van der Waals surface area contributed by atoms with Gasteiger partial charge in [0.25, 0.3) is 5.56 Å². The van der Waals surface area contributed by atoms with E-state index in [2.05, 4.69) is 4.98 Å². The molecule has 1 N–H and O–H groups in total. The number of carbonyl (C=O) groups is 1. The second-order valence-electron chi connectivity index (χ2n) is 4.77. The van der Waals surface area contributed by atoms with E-state index in [1.165, 1.54) is 4.57 Å². The molecule has 5 heteroatoms. The maximum atomic E-state index is 12.2. The van der Waals surface area contributed by atoms with Gasteiger partial charge in [-0.3, -0.25) is 9.78 Å². The van der Waals surface area contributed by atoms with Gasteiger partial charge in [0.1, 0.15) is 5.56 Å². The average molecular weight is 272 g/mol. The highest BCUT2D eigenvalue weighted by Gasteiger charge is 2.17. The summed E-state index contributed by atoms with van der Waals surface area (Å²) < 4.78 is 1.45. The molecule has 2 rings (SSSR count). The number of aryl methyl sites for hydroxylation is 1. The first kappa shape index (κ1) is 14.0. The van der Waals surface area contributed by atoms with E-state index in [4.69, 9.17) is 5.11 Å². The minimum Gasteiger partial charge on any atom is -0.477 e. The van der Waals surface area contributed by atoms with Crippen LogP contribution in [-0.2, 0) is 6.42 Å². The molecule has 2 aromatic heterocycles. The van der Waals surface area contributed by atoms with Crippen molar-refractivity contribution < 1.29 is 9.90 Å². The van der Waals surface area contributed by atoms with Gasteiger partial charge >= 0.3 is 5.97 Å². The van der Waals surface area contributed by atoms with E-state index in [0.717, 1.165) is 5.69 Å². The highest BCUT2D eigenvalue weighted by atomic mass is 16.4. The van der Waals surface area contributed by atoms with E-state index < -0.39 is 11.5 Å². The van der Waals surface area contributed by atoms with Gasteiger partial charge in [0.05, 0.1) is 0 Å². The van der Waals surface area contributed by atoms with Gasteiger partial charge in [-0.2, -0.15) is 0 Å².